The van der Waals surface area contributed by atoms with E-state index in [1.165, 1.54) is 0 Å². The number of nitrogens with one attached hydrogen (secondary N) is 2. The molecule has 0 fully saturated rings. The van der Waals surface area contributed by atoms with Crippen LogP contribution in [-0.2, 0) is 7.05 Å². The molecule has 0 aliphatic heterocycles. The van der Waals surface area contributed by atoms with Crippen LogP contribution in [0.4, 0.5) is 16.3 Å². The number of aromatic nitrogens is 2. The molecular formula is C13H16N4OS. The van der Waals surface area contributed by atoms with Crippen molar-refractivity contribution in [2.45, 2.75) is 11.8 Å². The van der Waals surface area contributed by atoms with Gasteiger partial charge < -0.3 is 5.32 Å². The third kappa shape index (κ3) is 3.51. The van der Waals surface area contributed by atoms with Gasteiger partial charge in [0.05, 0.1) is 5.69 Å². The van der Waals surface area contributed by atoms with Crippen molar-refractivity contribution < 1.29 is 4.79 Å². The summed E-state index contributed by atoms with van der Waals surface area (Å²) >= 11 is 1.66. The summed E-state index contributed by atoms with van der Waals surface area (Å²) in [6.07, 6.45) is 2.01. The lowest BCUT2D eigenvalue weighted by Crippen LogP contribution is -2.20. The van der Waals surface area contributed by atoms with Gasteiger partial charge in [0, 0.05) is 23.7 Å². The van der Waals surface area contributed by atoms with E-state index in [4.69, 9.17) is 0 Å². The minimum Gasteiger partial charge on any atom is -0.308 e. The number of carbonyl (C=O) groups excluding carboxylic acids is 1. The predicted molar refractivity (Wildman–Crippen MR) is 78.8 cm³/mol. The molecule has 5 nitrogen and oxygen atoms in total. The van der Waals surface area contributed by atoms with Crippen molar-refractivity contribution >= 4 is 29.3 Å². The van der Waals surface area contributed by atoms with Gasteiger partial charge in [-0.05, 0) is 37.4 Å². The van der Waals surface area contributed by atoms with Crippen molar-refractivity contribution in [3.8, 4) is 0 Å². The van der Waals surface area contributed by atoms with Crippen LogP contribution in [0, 0.1) is 6.92 Å². The van der Waals surface area contributed by atoms with Crippen molar-refractivity contribution in [3.05, 3.63) is 36.0 Å². The number of amides is 2. The zero-order valence-electron chi connectivity index (χ0n) is 11.1. The molecule has 0 unspecified atom stereocenters. The Labute approximate surface area is 116 Å². The summed E-state index contributed by atoms with van der Waals surface area (Å²) in [6.45, 7) is 1.88. The van der Waals surface area contributed by atoms with Gasteiger partial charge in [-0.25, -0.2) is 4.79 Å². The summed E-state index contributed by atoms with van der Waals surface area (Å²) in [7, 11) is 1.79. The molecule has 100 valence electrons. The van der Waals surface area contributed by atoms with Crippen LogP contribution < -0.4 is 10.6 Å². The van der Waals surface area contributed by atoms with Gasteiger partial charge in [-0.15, -0.1) is 11.8 Å². The molecule has 1 aromatic carbocycles. The highest BCUT2D eigenvalue weighted by Crippen LogP contribution is 2.17. The van der Waals surface area contributed by atoms with Crippen molar-refractivity contribution in [3.63, 3.8) is 0 Å². The Morgan fingerprint density at radius 1 is 1.26 bits per heavy atom. The molecule has 6 heteroatoms. The molecule has 1 heterocycles. The van der Waals surface area contributed by atoms with E-state index in [2.05, 4.69) is 15.7 Å². The topological polar surface area (TPSA) is 59.0 Å². The van der Waals surface area contributed by atoms with E-state index in [0.29, 0.717) is 5.82 Å². The summed E-state index contributed by atoms with van der Waals surface area (Å²) in [5.41, 5.74) is 1.62. The fraction of sp³-hybridized carbons (Fsp3) is 0.231. The minimum atomic E-state index is -0.278. The van der Waals surface area contributed by atoms with Crippen LogP contribution >= 0.6 is 11.8 Å². The third-order valence-electron chi connectivity index (χ3n) is 2.59. The maximum Gasteiger partial charge on any atom is 0.324 e. The van der Waals surface area contributed by atoms with Crippen LogP contribution in [0.25, 0.3) is 0 Å². The van der Waals surface area contributed by atoms with Gasteiger partial charge in [0.1, 0.15) is 5.82 Å². The fourth-order valence-electron chi connectivity index (χ4n) is 1.68. The van der Waals surface area contributed by atoms with Crippen LogP contribution in [0.3, 0.4) is 0 Å². The molecule has 2 N–H and O–H groups in total. The lowest BCUT2D eigenvalue weighted by atomic mass is 10.3. The van der Waals surface area contributed by atoms with E-state index in [0.717, 1.165) is 16.3 Å². The summed E-state index contributed by atoms with van der Waals surface area (Å²) in [5, 5.41) is 9.70. The fourth-order valence-corrected chi connectivity index (χ4v) is 2.09. The minimum absolute atomic E-state index is 0.278. The molecule has 0 aliphatic carbocycles. The summed E-state index contributed by atoms with van der Waals surface area (Å²) in [5.74, 6) is 0.663. The van der Waals surface area contributed by atoms with Gasteiger partial charge in [0.2, 0.25) is 0 Å². The summed E-state index contributed by atoms with van der Waals surface area (Å²) < 4.78 is 1.63. The van der Waals surface area contributed by atoms with Crippen molar-refractivity contribution in [2.24, 2.45) is 7.05 Å². The number of urea groups is 1. The molecule has 2 aromatic rings. The zero-order chi connectivity index (χ0) is 13.8. The highest BCUT2D eigenvalue weighted by atomic mass is 32.2. The number of hydrogen-bond acceptors (Lipinski definition) is 3. The maximum atomic E-state index is 11.8. The van der Waals surface area contributed by atoms with E-state index < -0.39 is 0 Å². The monoisotopic (exact) mass is 276 g/mol. The Bertz CT molecular complexity index is 577. The predicted octanol–water partition coefficient (Wildman–Crippen LogP) is 3.09. The Hall–Kier alpha value is -1.95. The molecule has 0 spiro atoms. The SMILES string of the molecule is CSc1ccc(NC(=O)Nc2cc(C)nn2C)cc1. The van der Waals surface area contributed by atoms with Crippen molar-refractivity contribution in [1.29, 1.82) is 0 Å². The number of hydrogen-bond donors (Lipinski definition) is 2. The first-order valence-electron chi connectivity index (χ1n) is 5.81. The highest BCUT2D eigenvalue weighted by molar-refractivity contribution is 7.98. The molecule has 0 radical (unpaired) electrons. The summed E-state index contributed by atoms with van der Waals surface area (Å²) in [6, 6.07) is 9.22. The Kier molecular flexibility index (Phi) is 4.11. The highest BCUT2D eigenvalue weighted by Gasteiger charge is 2.06. The van der Waals surface area contributed by atoms with Gasteiger partial charge in [-0.2, -0.15) is 5.10 Å². The average molecular weight is 276 g/mol. The van der Waals surface area contributed by atoms with E-state index in [-0.39, 0.29) is 6.03 Å². The molecule has 1 aromatic heterocycles. The second kappa shape index (κ2) is 5.79. The number of anilines is 2. The quantitative estimate of drug-likeness (QED) is 0.847. The largest absolute Gasteiger partial charge is 0.324 e. The number of thioether (sulfide) groups is 1. The Morgan fingerprint density at radius 3 is 2.47 bits per heavy atom. The van der Waals surface area contributed by atoms with Gasteiger partial charge in [-0.3, -0.25) is 10.00 Å². The van der Waals surface area contributed by atoms with Crippen LogP contribution in [0.1, 0.15) is 5.69 Å². The summed E-state index contributed by atoms with van der Waals surface area (Å²) in [4.78, 5) is 13.0. The second-order valence-electron chi connectivity index (χ2n) is 4.10. The first-order chi connectivity index (χ1) is 9.08. The van der Waals surface area contributed by atoms with Crippen LogP contribution in [0.15, 0.2) is 35.2 Å². The van der Waals surface area contributed by atoms with E-state index >= 15 is 0 Å². The first-order valence-corrected chi connectivity index (χ1v) is 7.03. The van der Waals surface area contributed by atoms with Crippen LogP contribution in [-0.4, -0.2) is 22.1 Å². The maximum absolute atomic E-state index is 11.8. The van der Waals surface area contributed by atoms with Crippen LogP contribution in [0.5, 0.6) is 0 Å². The van der Waals surface area contributed by atoms with Crippen molar-refractivity contribution in [2.75, 3.05) is 16.9 Å². The Balaban J connectivity index is 1.99. The van der Waals surface area contributed by atoms with E-state index in [1.54, 1.807) is 23.5 Å². The molecule has 0 aliphatic rings. The Morgan fingerprint density at radius 2 is 1.95 bits per heavy atom. The lowest BCUT2D eigenvalue weighted by Gasteiger charge is -2.07. The average Bonchev–Trinajstić information content (AvgIpc) is 2.68. The number of rotatable bonds is 3. The van der Waals surface area contributed by atoms with Gasteiger partial charge in [0.25, 0.3) is 0 Å². The molecule has 19 heavy (non-hydrogen) atoms. The van der Waals surface area contributed by atoms with Crippen LogP contribution in [0.2, 0.25) is 0 Å². The molecule has 0 saturated heterocycles. The van der Waals surface area contributed by atoms with E-state index in [1.807, 2.05) is 43.5 Å². The smallest absolute Gasteiger partial charge is 0.308 e. The van der Waals surface area contributed by atoms with Gasteiger partial charge >= 0.3 is 6.03 Å². The molecular weight excluding hydrogens is 260 g/mol. The molecule has 2 rings (SSSR count). The number of nitrogens with zero attached hydrogens (tertiary/aromatic N) is 2. The number of aryl methyl sites for hydroxylation is 2. The third-order valence-corrected chi connectivity index (χ3v) is 3.34. The van der Waals surface area contributed by atoms with Gasteiger partial charge in [-0.1, -0.05) is 0 Å². The second-order valence-corrected chi connectivity index (χ2v) is 4.98. The van der Waals surface area contributed by atoms with Crippen molar-refractivity contribution in [1.82, 2.24) is 9.78 Å². The molecule has 2 amide bonds. The normalized spacial score (nSPS) is 10.3. The molecule has 0 atom stereocenters. The molecule has 0 saturated carbocycles. The first kappa shape index (κ1) is 13.5. The number of carbonyl (C=O) groups is 1. The zero-order valence-corrected chi connectivity index (χ0v) is 11.9. The van der Waals surface area contributed by atoms with E-state index in [9.17, 15) is 4.79 Å². The van der Waals surface area contributed by atoms with Gasteiger partial charge in [0.15, 0.2) is 0 Å². The lowest BCUT2D eigenvalue weighted by molar-refractivity contribution is 0.262. The molecule has 0 bridgehead atoms. The standard InChI is InChI=1S/C13H16N4OS/c1-9-8-12(17(2)16-9)15-13(18)14-10-4-6-11(19-3)7-5-10/h4-8H,1-3H3,(H2,14,15,18). The number of benzene rings is 1.